The Morgan fingerprint density at radius 1 is 1.07 bits per heavy atom. The van der Waals surface area contributed by atoms with E-state index >= 15 is 0 Å². The van der Waals surface area contributed by atoms with Gasteiger partial charge < -0.3 is 10.1 Å². The highest BCUT2D eigenvalue weighted by atomic mass is 35.5. The van der Waals surface area contributed by atoms with Gasteiger partial charge in [-0.05, 0) is 30.3 Å². The molecule has 0 aliphatic rings. The summed E-state index contributed by atoms with van der Waals surface area (Å²) in [7, 11) is 1.40. The maximum Gasteiger partial charge on any atom is 0.321 e. The third-order valence-electron chi connectivity index (χ3n) is 3.45. The molecule has 0 unspecified atom stereocenters. The van der Waals surface area contributed by atoms with Crippen LogP contribution in [0.3, 0.4) is 0 Å². The molecule has 2 heterocycles. The van der Waals surface area contributed by atoms with Crippen molar-refractivity contribution in [1.82, 2.24) is 19.9 Å². The number of hydrogen-bond acceptors (Lipinski definition) is 7. The molecule has 0 aliphatic heterocycles. The first kappa shape index (κ1) is 19.2. The molecule has 0 aliphatic carbocycles. The summed E-state index contributed by atoms with van der Waals surface area (Å²) in [5.74, 6) is -0.540. The van der Waals surface area contributed by atoms with E-state index < -0.39 is 5.91 Å². The fourth-order valence-corrected chi connectivity index (χ4v) is 2.53. The van der Waals surface area contributed by atoms with Gasteiger partial charge in [-0.1, -0.05) is 17.7 Å². The average molecular weight is 399 g/mol. The first-order valence-electron chi connectivity index (χ1n) is 8.06. The van der Waals surface area contributed by atoms with Crippen LogP contribution in [0.1, 0.15) is 17.3 Å². The minimum Gasteiger partial charge on any atom is -0.467 e. The summed E-state index contributed by atoms with van der Waals surface area (Å²) in [5, 5.41) is 5.32. The number of nitrogens with zero attached hydrogens (tertiary/aromatic N) is 4. The van der Waals surface area contributed by atoms with Crippen molar-refractivity contribution < 1.29 is 14.3 Å². The zero-order chi connectivity index (χ0) is 20.1. The van der Waals surface area contributed by atoms with Crippen LogP contribution in [0.4, 0.5) is 11.6 Å². The van der Waals surface area contributed by atoms with Crippen molar-refractivity contribution in [3.63, 3.8) is 0 Å². The molecule has 0 fully saturated rings. The molecule has 3 aromatic rings. The molecule has 0 spiro atoms. The number of anilines is 2. The fraction of sp³-hybridized carbons (Fsp3) is 0.111. The molecule has 1 aromatic carbocycles. The van der Waals surface area contributed by atoms with Gasteiger partial charge in [-0.25, -0.2) is 0 Å². The molecule has 2 amide bonds. The monoisotopic (exact) mass is 398 g/mol. The van der Waals surface area contributed by atoms with Crippen molar-refractivity contribution in [2.75, 3.05) is 17.7 Å². The maximum atomic E-state index is 12.6. The van der Waals surface area contributed by atoms with E-state index in [1.54, 1.807) is 30.5 Å². The Bertz CT molecular complexity index is 1030. The first-order chi connectivity index (χ1) is 13.5. The smallest absolute Gasteiger partial charge is 0.321 e. The lowest BCUT2D eigenvalue weighted by Gasteiger charge is -2.09. The summed E-state index contributed by atoms with van der Waals surface area (Å²) in [6.45, 7) is 1.38. The van der Waals surface area contributed by atoms with E-state index in [-0.39, 0.29) is 34.3 Å². The zero-order valence-corrected chi connectivity index (χ0v) is 15.7. The van der Waals surface area contributed by atoms with Crippen LogP contribution in [0.25, 0.3) is 11.5 Å². The molecule has 2 aromatic heterocycles. The number of rotatable bonds is 5. The van der Waals surface area contributed by atoms with Gasteiger partial charge in [0.05, 0.1) is 17.7 Å². The molecule has 0 radical (unpaired) electrons. The van der Waals surface area contributed by atoms with E-state index in [0.29, 0.717) is 11.4 Å². The highest BCUT2D eigenvalue weighted by molar-refractivity contribution is 6.34. The number of hydrogen-bond donors (Lipinski definition) is 2. The van der Waals surface area contributed by atoms with Crippen LogP contribution in [0, 0.1) is 0 Å². The number of halogens is 1. The van der Waals surface area contributed by atoms with Gasteiger partial charge in [0.15, 0.2) is 5.82 Å². The van der Waals surface area contributed by atoms with Crippen molar-refractivity contribution >= 4 is 35.1 Å². The Balaban J connectivity index is 1.87. The molecule has 10 heteroatoms. The second-order valence-corrected chi connectivity index (χ2v) is 5.92. The van der Waals surface area contributed by atoms with Gasteiger partial charge in [0.2, 0.25) is 11.9 Å². The standard InChI is InChI=1S/C18H15ClN6O3/c1-10(26)21-11-6-7-12(13(19)9-11)16(27)24-17-22-15(23-18(25-17)28-2)14-5-3-4-8-20-14/h3-9H,1-2H3,(H,21,26)(H,22,23,24,25,27). The maximum absolute atomic E-state index is 12.6. The number of ether oxygens (including phenoxy) is 1. The number of carbonyl (C=O) groups is 2. The van der Waals surface area contributed by atoms with E-state index in [2.05, 4.69) is 30.6 Å². The zero-order valence-electron chi connectivity index (χ0n) is 14.9. The van der Waals surface area contributed by atoms with E-state index in [4.69, 9.17) is 16.3 Å². The Hall–Kier alpha value is -3.59. The molecular formula is C18H15ClN6O3. The quantitative estimate of drug-likeness (QED) is 0.678. The second kappa shape index (κ2) is 8.40. The second-order valence-electron chi connectivity index (χ2n) is 5.51. The Labute approximate surface area is 165 Å². The third kappa shape index (κ3) is 4.57. The summed E-state index contributed by atoms with van der Waals surface area (Å²) in [6.07, 6.45) is 1.60. The molecule has 0 saturated carbocycles. The summed E-state index contributed by atoms with van der Waals surface area (Å²) >= 11 is 6.16. The number of methoxy groups -OCH3 is 1. The van der Waals surface area contributed by atoms with Crippen LogP contribution in [-0.4, -0.2) is 38.9 Å². The van der Waals surface area contributed by atoms with Crippen molar-refractivity contribution in [2.24, 2.45) is 0 Å². The summed E-state index contributed by atoms with van der Waals surface area (Å²) < 4.78 is 5.07. The van der Waals surface area contributed by atoms with E-state index in [9.17, 15) is 9.59 Å². The average Bonchev–Trinajstić information content (AvgIpc) is 2.68. The fourth-order valence-electron chi connectivity index (χ4n) is 2.26. The highest BCUT2D eigenvalue weighted by Gasteiger charge is 2.16. The number of benzene rings is 1. The SMILES string of the molecule is COc1nc(NC(=O)c2ccc(NC(C)=O)cc2Cl)nc(-c2ccccn2)n1. The van der Waals surface area contributed by atoms with E-state index in [0.717, 1.165) is 0 Å². The van der Waals surface area contributed by atoms with Crippen molar-refractivity contribution in [3.8, 4) is 17.5 Å². The topological polar surface area (TPSA) is 119 Å². The molecule has 0 bridgehead atoms. The van der Waals surface area contributed by atoms with Crippen LogP contribution in [-0.2, 0) is 4.79 Å². The summed E-state index contributed by atoms with van der Waals surface area (Å²) in [6, 6.07) is 9.82. The van der Waals surface area contributed by atoms with Gasteiger partial charge >= 0.3 is 6.01 Å². The van der Waals surface area contributed by atoms with Gasteiger partial charge in [-0.2, -0.15) is 15.0 Å². The van der Waals surface area contributed by atoms with Crippen molar-refractivity contribution in [2.45, 2.75) is 6.92 Å². The molecule has 0 saturated heterocycles. The number of nitrogens with one attached hydrogen (secondary N) is 2. The van der Waals surface area contributed by atoms with Gasteiger partial charge in [-0.15, -0.1) is 0 Å². The highest BCUT2D eigenvalue weighted by Crippen LogP contribution is 2.22. The van der Waals surface area contributed by atoms with Gasteiger partial charge in [0.25, 0.3) is 5.91 Å². The van der Waals surface area contributed by atoms with Crippen LogP contribution in [0.15, 0.2) is 42.6 Å². The molecule has 142 valence electrons. The summed E-state index contributed by atoms with van der Waals surface area (Å²) in [5.41, 5.74) is 1.17. The first-order valence-corrected chi connectivity index (χ1v) is 8.44. The van der Waals surface area contributed by atoms with Crippen LogP contribution >= 0.6 is 11.6 Å². The van der Waals surface area contributed by atoms with Gasteiger partial charge in [0.1, 0.15) is 5.69 Å². The molecule has 28 heavy (non-hydrogen) atoms. The largest absolute Gasteiger partial charge is 0.467 e. The van der Waals surface area contributed by atoms with E-state index in [1.165, 1.54) is 26.2 Å². The lowest BCUT2D eigenvalue weighted by atomic mass is 10.2. The Kier molecular flexibility index (Phi) is 5.75. The Morgan fingerprint density at radius 2 is 1.89 bits per heavy atom. The van der Waals surface area contributed by atoms with E-state index in [1.807, 2.05) is 0 Å². The predicted molar refractivity (Wildman–Crippen MR) is 103 cm³/mol. The number of aromatic nitrogens is 4. The third-order valence-corrected chi connectivity index (χ3v) is 3.76. The normalized spacial score (nSPS) is 10.2. The van der Waals surface area contributed by atoms with Gasteiger partial charge in [0, 0.05) is 18.8 Å². The predicted octanol–water partition coefficient (Wildman–Crippen LogP) is 2.81. The van der Waals surface area contributed by atoms with Crippen LogP contribution < -0.4 is 15.4 Å². The van der Waals surface area contributed by atoms with Gasteiger partial charge in [-0.3, -0.25) is 19.9 Å². The number of carbonyl (C=O) groups excluding carboxylic acids is 2. The molecule has 9 nitrogen and oxygen atoms in total. The molecule has 3 rings (SSSR count). The van der Waals surface area contributed by atoms with Crippen LogP contribution in [0.5, 0.6) is 6.01 Å². The van der Waals surface area contributed by atoms with Crippen LogP contribution in [0.2, 0.25) is 5.02 Å². The minimum atomic E-state index is -0.528. The van der Waals surface area contributed by atoms with Crippen molar-refractivity contribution in [1.29, 1.82) is 0 Å². The molecule has 0 atom stereocenters. The number of amides is 2. The summed E-state index contributed by atoms with van der Waals surface area (Å²) in [4.78, 5) is 40.2. The number of pyridine rings is 1. The lowest BCUT2D eigenvalue weighted by Crippen LogP contribution is -2.16. The Morgan fingerprint density at radius 3 is 2.54 bits per heavy atom. The molecule has 2 N–H and O–H groups in total. The minimum absolute atomic E-state index is 0.0143. The lowest BCUT2D eigenvalue weighted by molar-refractivity contribution is -0.114. The molecular weight excluding hydrogens is 384 g/mol. The van der Waals surface area contributed by atoms with Crippen molar-refractivity contribution in [3.05, 3.63) is 53.2 Å².